The first-order valence-electron chi connectivity index (χ1n) is 8.20. The Hall–Kier alpha value is -2.32. The van der Waals surface area contributed by atoms with Crippen molar-refractivity contribution in [2.45, 2.75) is 19.4 Å². The van der Waals surface area contributed by atoms with Crippen molar-refractivity contribution in [3.05, 3.63) is 65.7 Å². The van der Waals surface area contributed by atoms with Gasteiger partial charge in [0.25, 0.3) is 0 Å². The summed E-state index contributed by atoms with van der Waals surface area (Å²) in [7, 11) is -3.43. The van der Waals surface area contributed by atoms with Crippen molar-refractivity contribution in [1.82, 2.24) is 14.6 Å². The predicted octanol–water partition coefficient (Wildman–Crippen LogP) is 1.73. The Balaban J connectivity index is 1.80. The second-order valence-electron chi connectivity index (χ2n) is 5.93. The molecule has 0 aliphatic rings. The maximum atomic E-state index is 12.8. The van der Waals surface area contributed by atoms with Crippen LogP contribution in [0.2, 0.25) is 0 Å². The van der Waals surface area contributed by atoms with Crippen LogP contribution in [0.1, 0.15) is 17.5 Å². The van der Waals surface area contributed by atoms with Gasteiger partial charge in [0.2, 0.25) is 15.9 Å². The number of pyridine rings is 1. The number of carbonyl (C=O) groups is 1. The third-order valence-electron chi connectivity index (χ3n) is 3.81. The lowest BCUT2D eigenvalue weighted by Gasteiger charge is -2.19. The molecule has 0 radical (unpaired) electrons. The highest BCUT2D eigenvalue weighted by atomic mass is 32.2. The van der Waals surface area contributed by atoms with E-state index < -0.39 is 10.0 Å². The van der Waals surface area contributed by atoms with E-state index in [1.807, 2.05) is 0 Å². The Bertz CT molecular complexity index is 811. The van der Waals surface area contributed by atoms with E-state index in [-0.39, 0.29) is 31.2 Å². The minimum absolute atomic E-state index is 0.0710. The number of carbonyl (C=O) groups excluding carboxylic acids is 1. The number of halogens is 1. The summed E-state index contributed by atoms with van der Waals surface area (Å²) in [6.45, 7) is 0.710. The van der Waals surface area contributed by atoms with E-state index in [1.54, 1.807) is 36.7 Å². The molecule has 1 N–H and O–H groups in total. The van der Waals surface area contributed by atoms with Gasteiger partial charge >= 0.3 is 0 Å². The molecule has 2 rings (SSSR count). The molecule has 26 heavy (non-hydrogen) atoms. The van der Waals surface area contributed by atoms with Crippen LogP contribution in [0.15, 0.2) is 48.8 Å². The van der Waals surface area contributed by atoms with Gasteiger partial charge in [0, 0.05) is 38.4 Å². The van der Waals surface area contributed by atoms with E-state index >= 15 is 0 Å². The molecule has 0 saturated heterocycles. The summed E-state index contributed by atoms with van der Waals surface area (Å²) in [6, 6.07) is 9.56. The Morgan fingerprint density at radius 3 is 2.38 bits per heavy atom. The van der Waals surface area contributed by atoms with Crippen molar-refractivity contribution in [2.24, 2.45) is 0 Å². The summed E-state index contributed by atoms with van der Waals surface area (Å²) < 4.78 is 38.0. The van der Waals surface area contributed by atoms with Crippen LogP contribution in [0.4, 0.5) is 4.39 Å². The van der Waals surface area contributed by atoms with Gasteiger partial charge in [-0.15, -0.1) is 0 Å². The minimum atomic E-state index is -3.43. The van der Waals surface area contributed by atoms with Crippen molar-refractivity contribution >= 4 is 15.9 Å². The number of benzene rings is 1. The molecule has 0 fully saturated rings. The monoisotopic (exact) mass is 379 g/mol. The number of amides is 1. The minimum Gasteiger partial charge on any atom is -0.356 e. The van der Waals surface area contributed by atoms with Gasteiger partial charge in [0.15, 0.2) is 0 Å². The van der Waals surface area contributed by atoms with Crippen LogP contribution < -0.4 is 5.32 Å². The van der Waals surface area contributed by atoms with Crippen molar-refractivity contribution in [1.29, 1.82) is 0 Å². The second-order valence-corrected chi connectivity index (χ2v) is 7.91. The number of aromatic nitrogens is 1. The predicted molar refractivity (Wildman–Crippen MR) is 97.2 cm³/mol. The lowest BCUT2D eigenvalue weighted by molar-refractivity contribution is -0.121. The normalized spacial score (nSPS) is 11.5. The molecule has 0 saturated carbocycles. The Morgan fingerprint density at radius 1 is 1.12 bits per heavy atom. The summed E-state index contributed by atoms with van der Waals surface area (Å²) in [5.74, 6) is -0.525. The van der Waals surface area contributed by atoms with Crippen molar-refractivity contribution in [3.63, 3.8) is 0 Å². The molecule has 1 heterocycles. The molecule has 140 valence electrons. The van der Waals surface area contributed by atoms with Crippen LogP contribution in [0.25, 0.3) is 0 Å². The molecule has 0 spiro atoms. The number of nitrogens with zero attached hydrogens (tertiary/aromatic N) is 2. The van der Waals surface area contributed by atoms with E-state index in [1.165, 1.54) is 16.4 Å². The highest BCUT2D eigenvalue weighted by molar-refractivity contribution is 7.88. The quantitative estimate of drug-likeness (QED) is 0.720. The number of hydrogen-bond donors (Lipinski definition) is 1. The van der Waals surface area contributed by atoms with Crippen LogP contribution >= 0.6 is 0 Å². The molecule has 0 aliphatic carbocycles. The van der Waals surface area contributed by atoms with Crippen LogP contribution in [0.5, 0.6) is 0 Å². The lowest BCUT2D eigenvalue weighted by Crippen LogP contribution is -2.34. The lowest BCUT2D eigenvalue weighted by atomic mass is 10.1. The zero-order valence-corrected chi connectivity index (χ0v) is 15.4. The molecule has 0 unspecified atom stereocenters. The van der Waals surface area contributed by atoms with Gasteiger partial charge in [-0.1, -0.05) is 12.1 Å². The Kier molecular flexibility index (Phi) is 7.23. The molecule has 0 atom stereocenters. The van der Waals surface area contributed by atoms with Gasteiger partial charge in [0.05, 0.1) is 6.26 Å². The average molecular weight is 379 g/mol. The second kappa shape index (κ2) is 9.40. The fraction of sp³-hybridized carbons (Fsp3) is 0.333. The summed E-state index contributed by atoms with van der Waals surface area (Å²) >= 11 is 0. The highest BCUT2D eigenvalue weighted by Gasteiger charge is 2.18. The van der Waals surface area contributed by atoms with Crippen molar-refractivity contribution < 1.29 is 17.6 Å². The van der Waals surface area contributed by atoms with E-state index in [0.717, 1.165) is 17.4 Å². The molecule has 1 amide bonds. The number of hydrogen-bond acceptors (Lipinski definition) is 4. The highest BCUT2D eigenvalue weighted by Crippen LogP contribution is 2.08. The van der Waals surface area contributed by atoms with Crippen LogP contribution in [0, 0.1) is 5.82 Å². The summed E-state index contributed by atoms with van der Waals surface area (Å²) in [4.78, 5) is 15.9. The topological polar surface area (TPSA) is 79.4 Å². The molecule has 1 aromatic carbocycles. The maximum Gasteiger partial charge on any atom is 0.221 e. The SMILES string of the molecule is CS(=O)(=O)N(CCC(=O)NCCc1ccc(F)cc1)Cc1ccncc1. The molecule has 0 bridgehead atoms. The fourth-order valence-electron chi connectivity index (χ4n) is 2.37. The summed E-state index contributed by atoms with van der Waals surface area (Å²) in [5.41, 5.74) is 1.73. The summed E-state index contributed by atoms with van der Waals surface area (Å²) in [5, 5.41) is 2.75. The van der Waals surface area contributed by atoms with Crippen LogP contribution in [-0.2, 0) is 27.8 Å². The molecule has 2 aromatic rings. The van der Waals surface area contributed by atoms with Crippen LogP contribution in [0.3, 0.4) is 0 Å². The number of sulfonamides is 1. The Labute approximate surface area is 153 Å². The first-order valence-corrected chi connectivity index (χ1v) is 10.0. The molecular weight excluding hydrogens is 357 g/mol. The van der Waals surface area contributed by atoms with Crippen LogP contribution in [-0.4, -0.2) is 43.0 Å². The third kappa shape index (κ3) is 6.89. The average Bonchev–Trinajstić information content (AvgIpc) is 2.60. The molecule has 0 aliphatic heterocycles. The van der Waals surface area contributed by atoms with Gasteiger partial charge in [-0.2, -0.15) is 4.31 Å². The van der Waals surface area contributed by atoms with Gasteiger partial charge in [-0.05, 0) is 41.8 Å². The third-order valence-corrected chi connectivity index (χ3v) is 5.06. The maximum absolute atomic E-state index is 12.8. The van der Waals surface area contributed by atoms with Crippen molar-refractivity contribution in [3.8, 4) is 0 Å². The van der Waals surface area contributed by atoms with Gasteiger partial charge in [-0.25, -0.2) is 12.8 Å². The Morgan fingerprint density at radius 2 is 1.77 bits per heavy atom. The van der Waals surface area contributed by atoms with E-state index in [9.17, 15) is 17.6 Å². The fourth-order valence-corrected chi connectivity index (χ4v) is 3.17. The number of rotatable bonds is 9. The number of nitrogens with one attached hydrogen (secondary N) is 1. The molecule has 1 aromatic heterocycles. The molecule has 6 nitrogen and oxygen atoms in total. The first kappa shape index (κ1) is 20.0. The van der Waals surface area contributed by atoms with E-state index in [4.69, 9.17) is 0 Å². The van der Waals surface area contributed by atoms with Gasteiger partial charge in [0.1, 0.15) is 5.82 Å². The van der Waals surface area contributed by atoms with E-state index in [0.29, 0.717) is 13.0 Å². The smallest absolute Gasteiger partial charge is 0.221 e. The zero-order chi connectivity index (χ0) is 19.0. The van der Waals surface area contributed by atoms with Crippen molar-refractivity contribution in [2.75, 3.05) is 19.3 Å². The van der Waals surface area contributed by atoms with Gasteiger partial charge < -0.3 is 5.32 Å². The van der Waals surface area contributed by atoms with Gasteiger partial charge in [-0.3, -0.25) is 9.78 Å². The first-order chi connectivity index (χ1) is 12.3. The largest absolute Gasteiger partial charge is 0.356 e. The zero-order valence-electron chi connectivity index (χ0n) is 14.6. The summed E-state index contributed by atoms with van der Waals surface area (Å²) in [6.07, 6.45) is 4.97. The standard InChI is InChI=1S/C18H22FN3O3S/c1-26(24,25)22(14-16-6-10-20-11-7-16)13-9-18(23)21-12-8-15-2-4-17(19)5-3-15/h2-7,10-11H,8-9,12-14H2,1H3,(H,21,23). The molecule has 8 heteroatoms. The molecular formula is C18H22FN3O3S. The van der Waals surface area contributed by atoms with E-state index in [2.05, 4.69) is 10.3 Å².